The maximum Gasteiger partial charge on any atom is 0.140 e. The standard InChI is InChI=1S/C12H20BrN3O/c1-8-9(14)6-15-11(10(8)13)16-7-12(2,3)4-5-17/h6,17H,4-5,7,14H2,1-3H3,(H,15,16). The molecular formula is C12H20BrN3O. The molecule has 0 fully saturated rings. The fourth-order valence-electron chi connectivity index (χ4n) is 1.43. The van der Waals surface area contributed by atoms with Gasteiger partial charge in [-0.05, 0) is 40.3 Å². The number of aliphatic hydroxyl groups is 1. The highest BCUT2D eigenvalue weighted by Crippen LogP contribution is 2.29. The summed E-state index contributed by atoms with van der Waals surface area (Å²) in [4.78, 5) is 4.26. The number of anilines is 2. The number of pyridine rings is 1. The van der Waals surface area contributed by atoms with Crippen molar-refractivity contribution in [2.24, 2.45) is 5.41 Å². The Kier molecular flexibility index (Phi) is 4.77. The molecule has 0 aromatic carbocycles. The SMILES string of the molecule is Cc1c(N)cnc(NCC(C)(C)CCO)c1Br. The van der Waals surface area contributed by atoms with Gasteiger partial charge in [0.25, 0.3) is 0 Å². The first kappa shape index (κ1) is 14.3. The predicted molar refractivity (Wildman–Crippen MR) is 75.1 cm³/mol. The molecule has 4 N–H and O–H groups in total. The summed E-state index contributed by atoms with van der Waals surface area (Å²) in [5.74, 6) is 0.794. The fourth-order valence-corrected chi connectivity index (χ4v) is 1.90. The second kappa shape index (κ2) is 5.69. The topological polar surface area (TPSA) is 71.2 Å². The van der Waals surface area contributed by atoms with Gasteiger partial charge in [-0.1, -0.05) is 13.8 Å². The van der Waals surface area contributed by atoms with Gasteiger partial charge in [0.1, 0.15) is 5.82 Å². The van der Waals surface area contributed by atoms with Gasteiger partial charge >= 0.3 is 0 Å². The molecular weight excluding hydrogens is 282 g/mol. The highest BCUT2D eigenvalue weighted by Gasteiger charge is 2.18. The van der Waals surface area contributed by atoms with Crippen LogP contribution in [0, 0.1) is 12.3 Å². The van der Waals surface area contributed by atoms with E-state index in [0.717, 1.165) is 28.8 Å². The number of aliphatic hydroxyl groups excluding tert-OH is 1. The van der Waals surface area contributed by atoms with E-state index >= 15 is 0 Å². The first-order valence-electron chi connectivity index (χ1n) is 5.63. The summed E-state index contributed by atoms with van der Waals surface area (Å²) >= 11 is 3.48. The van der Waals surface area contributed by atoms with Crippen LogP contribution in [0.25, 0.3) is 0 Å². The number of nitrogens with zero attached hydrogens (tertiary/aromatic N) is 1. The average Bonchev–Trinajstić information content (AvgIpc) is 2.25. The molecule has 0 aliphatic carbocycles. The molecule has 1 heterocycles. The van der Waals surface area contributed by atoms with Gasteiger partial charge in [0.2, 0.25) is 0 Å². The molecule has 0 spiro atoms. The van der Waals surface area contributed by atoms with Crippen LogP contribution in [0.4, 0.5) is 11.5 Å². The largest absolute Gasteiger partial charge is 0.397 e. The average molecular weight is 302 g/mol. The second-order valence-electron chi connectivity index (χ2n) is 4.99. The van der Waals surface area contributed by atoms with E-state index in [1.54, 1.807) is 6.20 Å². The van der Waals surface area contributed by atoms with Crippen molar-refractivity contribution < 1.29 is 5.11 Å². The van der Waals surface area contributed by atoms with E-state index in [2.05, 4.69) is 40.1 Å². The van der Waals surface area contributed by atoms with Crippen molar-refractivity contribution in [1.29, 1.82) is 0 Å². The Morgan fingerprint density at radius 1 is 1.53 bits per heavy atom. The van der Waals surface area contributed by atoms with Crippen LogP contribution >= 0.6 is 15.9 Å². The minimum absolute atomic E-state index is 0.0329. The lowest BCUT2D eigenvalue weighted by atomic mass is 9.90. The summed E-state index contributed by atoms with van der Waals surface area (Å²) < 4.78 is 0.900. The molecule has 5 heteroatoms. The monoisotopic (exact) mass is 301 g/mol. The molecule has 17 heavy (non-hydrogen) atoms. The Morgan fingerprint density at radius 3 is 2.76 bits per heavy atom. The Labute approximate surface area is 111 Å². The van der Waals surface area contributed by atoms with E-state index in [9.17, 15) is 0 Å². The van der Waals surface area contributed by atoms with Crippen molar-refractivity contribution in [1.82, 2.24) is 4.98 Å². The maximum atomic E-state index is 8.96. The minimum Gasteiger partial charge on any atom is -0.397 e. The summed E-state index contributed by atoms with van der Waals surface area (Å²) in [6.45, 7) is 7.11. The van der Waals surface area contributed by atoms with Crippen LogP contribution in [0.5, 0.6) is 0 Å². The number of nitrogen functional groups attached to an aromatic ring is 1. The third-order valence-corrected chi connectivity index (χ3v) is 3.80. The molecule has 1 aromatic rings. The van der Waals surface area contributed by atoms with Crippen LogP contribution in [0.3, 0.4) is 0 Å². The van der Waals surface area contributed by atoms with Gasteiger partial charge in [-0.25, -0.2) is 4.98 Å². The van der Waals surface area contributed by atoms with Crippen LogP contribution in [-0.4, -0.2) is 23.2 Å². The molecule has 0 aliphatic heterocycles. The van der Waals surface area contributed by atoms with Gasteiger partial charge < -0.3 is 16.2 Å². The van der Waals surface area contributed by atoms with Crippen LogP contribution in [0.15, 0.2) is 10.7 Å². The summed E-state index contributed by atoms with van der Waals surface area (Å²) in [7, 11) is 0. The van der Waals surface area contributed by atoms with E-state index in [0.29, 0.717) is 5.69 Å². The maximum absolute atomic E-state index is 8.96. The van der Waals surface area contributed by atoms with Gasteiger partial charge in [0, 0.05) is 13.2 Å². The fraction of sp³-hybridized carbons (Fsp3) is 0.583. The molecule has 0 amide bonds. The summed E-state index contributed by atoms with van der Waals surface area (Å²) in [5.41, 5.74) is 7.46. The number of rotatable bonds is 5. The molecule has 4 nitrogen and oxygen atoms in total. The molecule has 0 aliphatic rings. The highest BCUT2D eigenvalue weighted by atomic mass is 79.9. The van der Waals surface area contributed by atoms with Crippen molar-refractivity contribution in [2.45, 2.75) is 27.2 Å². The van der Waals surface area contributed by atoms with Gasteiger partial charge in [0.05, 0.1) is 16.4 Å². The molecule has 0 unspecified atom stereocenters. The van der Waals surface area contributed by atoms with E-state index < -0.39 is 0 Å². The van der Waals surface area contributed by atoms with Crippen molar-refractivity contribution in [3.8, 4) is 0 Å². The van der Waals surface area contributed by atoms with E-state index in [4.69, 9.17) is 10.8 Å². The van der Waals surface area contributed by atoms with Crippen LogP contribution in [-0.2, 0) is 0 Å². The minimum atomic E-state index is 0.0329. The van der Waals surface area contributed by atoms with Crippen molar-refractivity contribution in [3.63, 3.8) is 0 Å². The Hall–Kier alpha value is -0.810. The normalized spacial score (nSPS) is 11.6. The zero-order valence-corrected chi connectivity index (χ0v) is 12.1. The third kappa shape index (κ3) is 3.85. The number of halogens is 1. The summed E-state index contributed by atoms with van der Waals surface area (Å²) in [5, 5.41) is 12.2. The lowest BCUT2D eigenvalue weighted by Crippen LogP contribution is -2.24. The summed E-state index contributed by atoms with van der Waals surface area (Å²) in [6, 6.07) is 0. The van der Waals surface area contributed by atoms with Crippen LogP contribution in [0.1, 0.15) is 25.8 Å². The molecule has 0 saturated heterocycles. The molecule has 0 atom stereocenters. The third-order valence-electron chi connectivity index (χ3n) is 2.83. The summed E-state index contributed by atoms with van der Waals surface area (Å²) in [6.07, 6.45) is 2.41. The van der Waals surface area contributed by atoms with Crippen molar-refractivity contribution in [2.75, 3.05) is 24.2 Å². The quantitative estimate of drug-likeness (QED) is 0.781. The first-order chi connectivity index (χ1) is 7.87. The molecule has 96 valence electrons. The van der Waals surface area contributed by atoms with E-state index in [1.807, 2.05) is 6.92 Å². The van der Waals surface area contributed by atoms with Crippen molar-refractivity contribution >= 4 is 27.4 Å². The number of hydrogen-bond donors (Lipinski definition) is 3. The van der Waals surface area contributed by atoms with Crippen molar-refractivity contribution in [3.05, 3.63) is 16.2 Å². The van der Waals surface area contributed by atoms with Gasteiger partial charge in [-0.3, -0.25) is 0 Å². The molecule has 0 radical (unpaired) electrons. The highest BCUT2D eigenvalue weighted by molar-refractivity contribution is 9.10. The number of nitrogens with one attached hydrogen (secondary N) is 1. The van der Waals surface area contributed by atoms with E-state index in [1.165, 1.54) is 0 Å². The van der Waals surface area contributed by atoms with E-state index in [-0.39, 0.29) is 12.0 Å². The number of aromatic nitrogens is 1. The lowest BCUT2D eigenvalue weighted by molar-refractivity contribution is 0.220. The zero-order chi connectivity index (χ0) is 13.1. The Bertz CT molecular complexity index is 394. The molecule has 0 saturated carbocycles. The number of hydrogen-bond acceptors (Lipinski definition) is 4. The number of nitrogens with two attached hydrogens (primary N) is 1. The zero-order valence-electron chi connectivity index (χ0n) is 10.5. The predicted octanol–water partition coefficient (Wildman–Crippen LogP) is 2.56. The second-order valence-corrected chi connectivity index (χ2v) is 5.79. The Balaban J connectivity index is 2.73. The molecule has 0 bridgehead atoms. The van der Waals surface area contributed by atoms with Gasteiger partial charge in [0.15, 0.2) is 0 Å². The first-order valence-corrected chi connectivity index (χ1v) is 6.42. The Morgan fingerprint density at radius 2 is 2.18 bits per heavy atom. The van der Waals surface area contributed by atoms with Gasteiger partial charge in [-0.15, -0.1) is 0 Å². The smallest absolute Gasteiger partial charge is 0.140 e. The lowest BCUT2D eigenvalue weighted by Gasteiger charge is -2.24. The molecule has 1 aromatic heterocycles. The van der Waals surface area contributed by atoms with Gasteiger partial charge in [-0.2, -0.15) is 0 Å². The molecule has 1 rings (SSSR count). The van der Waals surface area contributed by atoms with Crippen LogP contribution < -0.4 is 11.1 Å². The van der Waals surface area contributed by atoms with Crippen LogP contribution in [0.2, 0.25) is 0 Å².